The fourth-order valence-electron chi connectivity index (χ4n) is 7.73. The van der Waals surface area contributed by atoms with Crippen molar-refractivity contribution in [2.45, 2.75) is 64.6 Å². The predicted molar refractivity (Wildman–Crippen MR) is 183 cm³/mol. The van der Waals surface area contributed by atoms with Gasteiger partial charge in [-0.05, 0) is 66.0 Å². The molecule has 0 fully saturated rings. The van der Waals surface area contributed by atoms with Crippen molar-refractivity contribution in [1.82, 2.24) is 0 Å². The number of halogens is 3. The van der Waals surface area contributed by atoms with E-state index in [0.717, 1.165) is 58.7 Å². The van der Waals surface area contributed by atoms with Crippen LogP contribution in [0.1, 0.15) is 57.0 Å². The van der Waals surface area contributed by atoms with Crippen molar-refractivity contribution in [3.05, 3.63) is 113 Å². The largest absolute Gasteiger partial charge is 0.412 e. The second-order valence-electron chi connectivity index (χ2n) is 12.6. The van der Waals surface area contributed by atoms with Crippen LogP contribution in [0, 0.1) is 5.92 Å². The van der Waals surface area contributed by atoms with Crippen LogP contribution in [0.3, 0.4) is 0 Å². The number of rotatable bonds is 7. The number of aryl methyl sites for hydroxylation is 1. The number of benzene rings is 4. The van der Waals surface area contributed by atoms with Gasteiger partial charge in [0.05, 0.1) is 0 Å². The second-order valence-corrected chi connectivity index (χ2v) is 13.6. The van der Waals surface area contributed by atoms with Gasteiger partial charge in [0, 0.05) is 52.9 Å². The number of hydrogen-bond donors (Lipinski definition) is 0. The van der Waals surface area contributed by atoms with E-state index in [1.165, 1.54) is 27.1 Å². The number of nitrogens with zero attached hydrogens (tertiary/aromatic N) is 2. The molecule has 1 aliphatic carbocycles. The molecule has 5 aromatic rings. The number of alkyl halides is 3. The monoisotopic (exact) mass is 623 g/mol. The third-order valence-electron chi connectivity index (χ3n) is 9.64. The number of anilines is 1. The van der Waals surface area contributed by atoms with E-state index in [-0.39, 0.29) is 0 Å². The molecule has 6 heteroatoms. The molecule has 2 nitrogen and oxygen atoms in total. The number of aromatic nitrogens is 1. The highest BCUT2D eigenvalue weighted by atomic mass is 32.1. The van der Waals surface area contributed by atoms with E-state index in [9.17, 15) is 13.2 Å². The third kappa shape index (κ3) is 4.98. The Morgan fingerprint density at radius 1 is 0.933 bits per heavy atom. The van der Waals surface area contributed by atoms with E-state index in [1.54, 1.807) is 17.4 Å². The molecule has 7 rings (SSSR count). The van der Waals surface area contributed by atoms with Crippen molar-refractivity contribution in [2.24, 2.45) is 5.92 Å². The van der Waals surface area contributed by atoms with Crippen LogP contribution in [0.4, 0.5) is 18.9 Å². The Bertz CT molecular complexity index is 2010. The van der Waals surface area contributed by atoms with Crippen molar-refractivity contribution in [3.63, 3.8) is 0 Å². The van der Waals surface area contributed by atoms with Gasteiger partial charge >= 0.3 is 6.18 Å². The molecule has 1 aromatic heterocycles. The van der Waals surface area contributed by atoms with E-state index in [2.05, 4.69) is 97.0 Å². The van der Waals surface area contributed by atoms with Crippen LogP contribution < -0.4 is 9.47 Å². The molecule has 230 valence electrons. The summed E-state index contributed by atoms with van der Waals surface area (Å²) in [6.07, 6.45) is 5.35. The predicted octanol–water partition coefficient (Wildman–Crippen LogP) is 10.9. The average Bonchev–Trinajstić information content (AvgIpc) is 3.50. The first-order valence-electron chi connectivity index (χ1n) is 16.0. The summed E-state index contributed by atoms with van der Waals surface area (Å²) in [4.78, 5) is 2.40. The first-order valence-corrected chi connectivity index (χ1v) is 16.9. The Kier molecular flexibility index (Phi) is 7.60. The van der Waals surface area contributed by atoms with Gasteiger partial charge in [0.25, 0.3) is 5.01 Å². The highest BCUT2D eigenvalue weighted by molar-refractivity contribution is 7.19. The Morgan fingerprint density at radius 3 is 2.38 bits per heavy atom. The molecule has 1 aliphatic heterocycles. The summed E-state index contributed by atoms with van der Waals surface area (Å²) in [5.41, 5.74) is 3.49. The lowest BCUT2D eigenvalue weighted by Gasteiger charge is -2.35. The molecule has 2 unspecified atom stereocenters. The van der Waals surface area contributed by atoms with Gasteiger partial charge in [0.1, 0.15) is 11.2 Å². The Morgan fingerprint density at radius 2 is 1.64 bits per heavy atom. The summed E-state index contributed by atoms with van der Waals surface area (Å²) < 4.78 is 47.0. The van der Waals surface area contributed by atoms with E-state index in [1.807, 2.05) is 18.2 Å². The molecule has 0 bridgehead atoms. The third-order valence-corrected chi connectivity index (χ3v) is 10.8. The summed E-state index contributed by atoms with van der Waals surface area (Å²) in [6.45, 7) is 8.22. The fourth-order valence-corrected chi connectivity index (χ4v) is 8.99. The van der Waals surface area contributed by atoms with Gasteiger partial charge in [-0.15, -0.1) is 0 Å². The molecule has 0 saturated carbocycles. The van der Waals surface area contributed by atoms with Crippen molar-refractivity contribution in [3.8, 4) is 0 Å². The summed E-state index contributed by atoms with van der Waals surface area (Å²) >= 11 is 1.79. The summed E-state index contributed by atoms with van der Waals surface area (Å²) in [5, 5.41) is 5.82. The van der Waals surface area contributed by atoms with Gasteiger partial charge in [0.15, 0.2) is 0 Å². The lowest BCUT2D eigenvalue weighted by molar-refractivity contribution is -0.668. The van der Waals surface area contributed by atoms with Gasteiger partial charge in [-0.25, -0.2) is 0 Å². The lowest BCUT2D eigenvalue weighted by atomic mass is 9.70. The molecule has 0 N–H and O–H groups in total. The Labute approximate surface area is 266 Å². The van der Waals surface area contributed by atoms with Gasteiger partial charge in [-0.3, -0.25) is 0 Å². The molecule has 2 heterocycles. The van der Waals surface area contributed by atoms with Gasteiger partial charge < -0.3 is 4.90 Å². The molecule has 2 atom stereocenters. The normalized spacial score (nSPS) is 20.9. The van der Waals surface area contributed by atoms with E-state index < -0.39 is 23.1 Å². The summed E-state index contributed by atoms with van der Waals surface area (Å²) in [5.74, 6) is -0.633. The highest BCUT2D eigenvalue weighted by Crippen LogP contribution is 2.56. The lowest BCUT2D eigenvalue weighted by Crippen LogP contribution is -2.37. The number of hydrogen-bond acceptors (Lipinski definition) is 2. The van der Waals surface area contributed by atoms with Crippen molar-refractivity contribution in [1.29, 1.82) is 0 Å². The molecule has 0 saturated heterocycles. The zero-order chi connectivity index (χ0) is 31.3. The fraction of sp³-hybridized carbons (Fsp3) is 0.308. The smallest absolute Gasteiger partial charge is 0.344 e. The summed E-state index contributed by atoms with van der Waals surface area (Å²) in [6, 6.07) is 25.6. The number of thiazole rings is 1. The first kappa shape index (κ1) is 29.8. The minimum absolute atomic E-state index is 0.372. The molecular weight excluding hydrogens is 586 g/mol. The van der Waals surface area contributed by atoms with E-state index in [0.29, 0.717) is 12.8 Å². The van der Waals surface area contributed by atoms with Crippen LogP contribution in [0.2, 0.25) is 0 Å². The average molecular weight is 624 g/mol. The van der Waals surface area contributed by atoms with Crippen LogP contribution in [0.25, 0.3) is 37.8 Å². The summed E-state index contributed by atoms with van der Waals surface area (Å²) in [7, 11) is 0. The maximum atomic E-state index is 14.4. The Hall–Kier alpha value is -3.90. The molecular formula is C39H38F3N2S+. The van der Waals surface area contributed by atoms with Gasteiger partial charge in [0.2, 0.25) is 5.52 Å². The van der Waals surface area contributed by atoms with Crippen molar-refractivity contribution in [2.75, 3.05) is 11.4 Å². The van der Waals surface area contributed by atoms with Crippen LogP contribution in [-0.2, 0) is 12.0 Å². The molecule has 45 heavy (non-hydrogen) atoms. The maximum absolute atomic E-state index is 14.4. The van der Waals surface area contributed by atoms with Crippen LogP contribution in [-0.4, -0.2) is 12.7 Å². The molecule has 4 aromatic carbocycles. The van der Waals surface area contributed by atoms with Gasteiger partial charge in [-0.2, -0.15) is 17.7 Å². The molecule has 0 radical (unpaired) electrons. The minimum atomic E-state index is -4.37. The van der Waals surface area contributed by atoms with Crippen LogP contribution in [0.15, 0.2) is 102 Å². The SMILES string of the molecule is CCCN1C(=Cc2sc3c4ccccc4ccc3[n+]2CCC)C(C)(CC2CC=CC=C2C(F)(F)F)c2c1ccc1ccccc21. The van der Waals surface area contributed by atoms with Crippen LogP contribution in [0.5, 0.6) is 0 Å². The van der Waals surface area contributed by atoms with Crippen LogP contribution >= 0.6 is 11.3 Å². The van der Waals surface area contributed by atoms with Crippen molar-refractivity contribution < 1.29 is 17.7 Å². The quantitative estimate of drug-likeness (QED) is 0.164. The van der Waals surface area contributed by atoms with Gasteiger partial charge in [-0.1, -0.05) is 98.0 Å². The molecule has 0 spiro atoms. The second kappa shape index (κ2) is 11.5. The zero-order valence-corrected chi connectivity index (χ0v) is 26.8. The zero-order valence-electron chi connectivity index (χ0n) is 26.0. The number of fused-ring (bicyclic) bond motifs is 6. The number of allylic oxidation sites excluding steroid dienone is 5. The van der Waals surface area contributed by atoms with Crippen molar-refractivity contribution >= 4 is 54.9 Å². The first-order chi connectivity index (χ1) is 21.7. The Balaban J connectivity index is 1.49. The molecule has 2 aliphatic rings. The molecule has 0 amide bonds. The standard InChI is InChI=1S/C39H38F3N2S/c1-4-22-43-32-20-18-26-12-6-9-15-29(26)36(32)38(3,25-28-14-8-11-17-31(28)39(40,41)42)34(43)24-35-44(23-5-2)33-21-19-27-13-7-10-16-30(27)37(33)45-35/h6-13,15-21,24,28H,4-5,14,22-23,25H2,1-3H3/q+1. The minimum Gasteiger partial charge on any atom is -0.344 e. The maximum Gasteiger partial charge on any atom is 0.412 e. The van der Waals surface area contributed by atoms with E-state index >= 15 is 0 Å². The topological polar surface area (TPSA) is 7.12 Å². The highest BCUT2D eigenvalue weighted by Gasteiger charge is 2.49. The van der Waals surface area contributed by atoms with E-state index in [4.69, 9.17) is 0 Å².